The van der Waals surface area contributed by atoms with Gasteiger partial charge in [-0.25, -0.2) is 4.98 Å². The highest BCUT2D eigenvalue weighted by atomic mass is 16.1. The number of carbonyl (C=O) groups is 1. The minimum atomic E-state index is 0.0186. The van der Waals surface area contributed by atoms with Crippen LogP contribution >= 0.6 is 0 Å². The minimum Gasteiger partial charge on any atom is -0.355 e. The summed E-state index contributed by atoms with van der Waals surface area (Å²) in [5.41, 5.74) is 2.24. The fourth-order valence-electron chi connectivity index (χ4n) is 3.57. The second-order valence-electron chi connectivity index (χ2n) is 7.10. The predicted molar refractivity (Wildman–Crippen MR) is 92.5 cm³/mol. The number of anilines is 2. The maximum atomic E-state index is 12.5. The van der Waals surface area contributed by atoms with Gasteiger partial charge < -0.3 is 10.2 Å². The molecule has 4 heteroatoms. The van der Waals surface area contributed by atoms with E-state index in [1.807, 2.05) is 24.4 Å². The number of aromatic nitrogens is 1. The first-order valence-corrected chi connectivity index (χ1v) is 9.04. The molecular formula is C19H25N3O. The first-order valence-electron chi connectivity index (χ1n) is 9.04. The molecule has 3 fully saturated rings. The molecule has 1 amide bonds. The number of nitrogens with zero attached hydrogens (tertiary/aromatic N) is 2. The lowest BCUT2D eigenvalue weighted by Crippen LogP contribution is -2.31. The van der Waals surface area contributed by atoms with Gasteiger partial charge in [0.15, 0.2) is 5.82 Å². The number of pyridine rings is 1. The first-order chi connectivity index (χ1) is 11.3. The third kappa shape index (κ3) is 3.57. The maximum absolute atomic E-state index is 12.5. The Kier molecular flexibility index (Phi) is 4.06. The van der Waals surface area contributed by atoms with Crippen LogP contribution in [-0.2, 0) is 4.79 Å². The molecule has 0 atom stereocenters. The lowest BCUT2D eigenvalue weighted by Gasteiger charge is -2.29. The van der Waals surface area contributed by atoms with E-state index in [2.05, 4.69) is 15.2 Å². The van der Waals surface area contributed by atoms with Gasteiger partial charge >= 0.3 is 0 Å². The topological polar surface area (TPSA) is 45.2 Å². The Morgan fingerprint density at radius 1 is 1.13 bits per heavy atom. The van der Waals surface area contributed by atoms with Crippen LogP contribution in [0.2, 0.25) is 0 Å². The summed E-state index contributed by atoms with van der Waals surface area (Å²) in [6, 6.07) is 3.87. The SMILES string of the molecule is O=C(C=C(C1CC1)C1CC1)Nc1cccnc1N1CCCCC1. The highest BCUT2D eigenvalue weighted by molar-refractivity contribution is 6.01. The standard InChI is InChI=1S/C19H25N3O/c23-18(13-16(14-6-7-14)15-8-9-15)21-17-5-4-10-20-19(17)22-11-2-1-3-12-22/h4-5,10,13-15H,1-3,6-9,11-12H2,(H,21,23). The highest BCUT2D eigenvalue weighted by Gasteiger charge is 2.36. The normalized spacial score (nSPS) is 21.0. The third-order valence-electron chi connectivity index (χ3n) is 5.10. The zero-order valence-electron chi connectivity index (χ0n) is 13.6. The Labute approximate surface area is 138 Å². The number of rotatable bonds is 5. The predicted octanol–water partition coefficient (Wildman–Crippen LogP) is 3.76. The summed E-state index contributed by atoms with van der Waals surface area (Å²) in [5, 5.41) is 3.08. The molecule has 4 rings (SSSR count). The van der Waals surface area contributed by atoms with E-state index in [9.17, 15) is 4.79 Å². The number of amides is 1. The molecule has 2 aliphatic carbocycles. The van der Waals surface area contributed by atoms with Crippen LogP contribution in [0, 0.1) is 11.8 Å². The summed E-state index contributed by atoms with van der Waals surface area (Å²) >= 11 is 0. The van der Waals surface area contributed by atoms with Crippen LogP contribution in [0.4, 0.5) is 11.5 Å². The summed E-state index contributed by atoms with van der Waals surface area (Å²) in [6.07, 6.45) is 12.5. The van der Waals surface area contributed by atoms with Crippen LogP contribution in [0.3, 0.4) is 0 Å². The van der Waals surface area contributed by atoms with Gasteiger partial charge in [0.25, 0.3) is 0 Å². The fraction of sp³-hybridized carbons (Fsp3) is 0.579. The second kappa shape index (κ2) is 6.34. The van der Waals surface area contributed by atoms with E-state index in [1.165, 1.54) is 50.5 Å². The molecule has 23 heavy (non-hydrogen) atoms. The Morgan fingerprint density at radius 3 is 2.48 bits per heavy atom. The monoisotopic (exact) mass is 311 g/mol. The van der Waals surface area contributed by atoms with Gasteiger partial charge in [-0.1, -0.05) is 5.57 Å². The summed E-state index contributed by atoms with van der Waals surface area (Å²) in [4.78, 5) is 19.3. The number of hydrogen-bond acceptors (Lipinski definition) is 3. The molecule has 2 heterocycles. The Bertz CT molecular complexity index is 597. The number of hydrogen-bond donors (Lipinski definition) is 1. The molecule has 1 aromatic heterocycles. The van der Waals surface area contributed by atoms with Crippen LogP contribution in [-0.4, -0.2) is 24.0 Å². The zero-order valence-corrected chi connectivity index (χ0v) is 13.6. The summed E-state index contributed by atoms with van der Waals surface area (Å²) in [6.45, 7) is 2.07. The third-order valence-corrected chi connectivity index (χ3v) is 5.10. The first kappa shape index (κ1) is 14.7. The van der Waals surface area contributed by atoms with Crippen molar-refractivity contribution in [2.24, 2.45) is 11.8 Å². The van der Waals surface area contributed by atoms with E-state index in [-0.39, 0.29) is 5.91 Å². The van der Waals surface area contributed by atoms with Gasteiger partial charge in [0, 0.05) is 25.4 Å². The fourth-order valence-corrected chi connectivity index (χ4v) is 3.57. The summed E-state index contributed by atoms with van der Waals surface area (Å²) < 4.78 is 0. The average molecular weight is 311 g/mol. The van der Waals surface area contributed by atoms with Gasteiger partial charge in [-0.2, -0.15) is 0 Å². The lowest BCUT2D eigenvalue weighted by atomic mass is 10.1. The van der Waals surface area contributed by atoms with Crippen molar-refractivity contribution in [1.29, 1.82) is 0 Å². The van der Waals surface area contributed by atoms with Crippen LogP contribution in [0.1, 0.15) is 44.9 Å². The number of allylic oxidation sites excluding steroid dienone is 1. The van der Waals surface area contributed by atoms with Crippen LogP contribution in [0.25, 0.3) is 0 Å². The molecule has 1 aliphatic heterocycles. The Hall–Kier alpha value is -1.84. The van der Waals surface area contributed by atoms with Gasteiger partial charge in [-0.15, -0.1) is 0 Å². The molecule has 0 aromatic carbocycles. The van der Waals surface area contributed by atoms with Crippen molar-refractivity contribution in [3.8, 4) is 0 Å². The zero-order chi connectivity index (χ0) is 15.6. The summed E-state index contributed by atoms with van der Waals surface area (Å²) in [5.74, 6) is 2.31. The molecule has 0 unspecified atom stereocenters. The van der Waals surface area contributed by atoms with Crippen molar-refractivity contribution >= 4 is 17.4 Å². The number of piperidine rings is 1. The molecular weight excluding hydrogens is 286 g/mol. The second-order valence-corrected chi connectivity index (χ2v) is 7.10. The summed E-state index contributed by atoms with van der Waals surface area (Å²) in [7, 11) is 0. The van der Waals surface area contributed by atoms with Gasteiger partial charge in [0.05, 0.1) is 5.69 Å². The van der Waals surface area contributed by atoms with Gasteiger partial charge in [0.1, 0.15) is 0 Å². The molecule has 0 radical (unpaired) electrons. The van der Waals surface area contributed by atoms with E-state index < -0.39 is 0 Å². The van der Waals surface area contributed by atoms with Crippen molar-refractivity contribution in [1.82, 2.24) is 4.98 Å². The van der Waals surface area contributed by atoms with E-state index in [0.717, 1.165) is 24.6 Å². The smallest absolute Gasteiger partial charge is 0.248 e. The molecule has 3 aliphatic rings. The van der Waals surface area contributed by atoms with Gasteiger partial charge in [-0.05, 0) is 68.9 Å². The molecule has 1 aromatic rings. The Balaban J connectivity index is 1.49. The van der Waals surface area contributed by atoms with Crippen molar-refractivity contribution in [3.05, 3.63) is 30.0 Å². The minimum absolute atomic E-state index is 0.0186. The van der Waals surface area contributed by atoms with E-state index in [4.69, 9.17) is 0 Å². The van der Waals surface area contributed by atoms with E-state index in [0.29, 0.717) is 11.8 Å². The molecule has 1 saturated heterocycles. The molecule has 2 saturated carbocycles. The number of carbonyl (C=O) groups excluding carboxylic acids is 1. The number of nitrogens with one attached hydrogen (secondary N) is 1. The molecule has 0 spiro atoms. The van der Waals surface area contributed by atoms with Crippen molar-refractivity contribution in [2.75, 3.05) is 23.3 Å². The van der Waals surface area contributed by atoms with E-state index in [1.54, 1.807) is 0 Å². The molecule has 1 N–H and O–H groups in total. The van der Waals surface area contributed by atoms with Gasteiger partial charge in [-0.3, -0.25) is 4.79 Å². The van der Waals surface area contributed by atoms with Crippen molar-refractivity contribution in [2.45, 2.75) is 44.9 Å². The van der Waals surface area contributed by atoms with Crippen LogP contribution < -0.4 is 10.2 Å². The van der Waals surface area contributed by atoms with Crippen LogP contribution in [0.15, 0.2) is 30.0 Å². The lowest BCUT2D eigenvalue weighted by molar-refractivity contribution is -0.112. The maximum Gasteiger partial charge on any atom is 0.248 e. The highest BCUT2D eigenvalue weighted by Crippen LogP contribution is 2.48. The van der Waals surface area contributed by atoms with E-state index >= 15 is 0 Å². The quantitative estimate of drug-likeness (QED) is 0.842. The Morgan fingerprint density at radius 2 is 1.83 bits per heavy atom. The van der Waals surface area contributed by atoms with Crippen molar-refractivity contribution < 1.29 is 4.79 Å². The molecule has 4 nitrogen and oxygen atoms in total. The molecule has 0 bridgehead atoms. The van der Waals surface area contributed by atoms with Gasteiger partial charge in [0.2, 0.25) is 5.91 Å². The largest absolute Gasteiger partial charge is 0.355 e. The van der Waals surface area contributed by atoms with Crippen LogP contribution in [0.5, 0.6) is 0 Å². The molecule has 122 valence electrons. The van der Waals surface area contributed by atoms with Crippen molar-refractivity contribution in [3.63, 3.8) is 0 Å². The average Bonchev–Trinajstić information content (AvgIpc) is 3.48.